The highest BCUT2D eigenvalue weighted by molar-refractivity contribution is 5.99. The molecule has 0 fully saturated rings. The fraction of sp³-hybridized carbons (Fsp3) is 0.200. The summed E-state index contributed by atoms with van der Waals surface area (Å²) in [7, 11) is 0. The van der Waals surface area contributed by atoms with Crippen molar-refractivity contribution >= 4 is 11.7 Å². The number of carbonyl (C=O) groups is 1. The molecule has 0 aliphatic carbocycles. The van der Waals surface area contributed by atoms with Gasteiger partial charge in [0.1, 0.15) is 5.82 Å². The number of pyridine rings is 2. The summed E-state index contributed by atoms with van der Waals surface area (Å²) in [6.45, 7) is 5.68. The Kier molecular flexibility index (Phi) is 6.55. The number of aryl methyl sites for hydroxylation is 2. The topological polar surface area (TPSA) is 84.7 Å². The molecule has 162 valence electrons. The van der Waals surface area contributed by atoms with E-state index in [2.05, 4.69) is 20.7 Å². The van der Waals surface area contributed by atoms with Crippen molar-refractivity contribution in [2.24, 2.45) is 0 Å². The first-order valence-corrected chi connectivity index (χ1v) is 10.6. The van der Waals surface area contributed by atoms with Gasteiger partial charge in [-0.05, 0) is 43.7 Å². The predicted octanol–water partition coefficient (Wildman–Crippen LogP) is 4.00. The van der Waals surface area contributed by atoms with Crippen LogP contribution in [0.4, 0.5) is 5.82 Å². The van der Waals surface area contributed by atoms with E-state index < -0.39 is 0 Å². The van der Waals surface area contributed by atoms with Gasteiger partial charge >= 0.3 is 0 Å². The smallest absolute Gasteiger partial charge is 0.255 e. The minimum atomic E-state index is -0.186. The van der Waals surface area contributed by atoms with Crippen molar-refractivity contribution < 1.29 is 4.79 Å². The third kappa shape index (κ3) is 5.18. The highest BCUT2D eigenvalue weighted by Gasteiger charge is 2.14. The van der Waals surface area contributed by atoms with Crippen LogP contribution in [0.2, 0.25) is 0 Å². The van der Waals surface area contributed by atoms with Crippen molar-refractivity contribution in [3.05, 3.63) is 95.6 Å². The first kappa shape index (κ1) is 21.2. The standard InChI is InChI=1S/C25H26N6O/c1-18-15-19(2)31(30-18)14-13-27-24-22(25(32)28-17-20-7-6-12-26-16-20)10-11-23(29-24)21-8-4-3-5-9-21/h3-12,15-16H,13-14,17H2,1-2H3,(H,27,29)(H,28,32). The lowest BCUT2D eigenvalue weighted by molar-refractivity contribution is 0.0951. The molecule has 0 saturated carbocycles. The molecule has 0 spiro atoms. The average Bonchev–Trinajstić information content (AvgIpc) is 3.15. The van der Waals surface area contributed by atoms with E-state index in [9.17, 15) is 4.79 Å². The van der Waals surface area contributed by atoms with Gasteiger partial charge < -0.3 is 10.6 Å². The van der Waals surface area contributed by atoms with Gasteiger partial charge in [-0.3, -0.25) is 14.5 Å². The van der Waals surface area contributed by atoms with Crippen LogP contribution in [-0.4, -0.2) is 32.2 Å². The number of anilines is 1. The number of nitrogens with one attached hydrogen (secondary N) is 2. The molecule has 0 atom stereocenters. The maximum atomic E-state index is 12.9. The Labute approximate surface area is 187 Å². The summed E-state index contributed by atoms with van der Waals surface area (Å²) in [6, 6.07) is 19.4. The fourth-order valence-corrected chi connectivity index (χ4v) is 3.51. The summed E-state index contributed by atoms with van der Waals surface area (Å²) >= 11 is 0. The SMILES string of the molecule is Cc1cc(C)n(CCNc2nc(-c3ccccc3)ccc2C(=O)NCc2cccnc2)n1. The molecule has 0 bridgehead atoms. The van der Waals surface area contributed by atoms with Gasteiger partial charge in [-0.2, -0.15) is 5.10 Å². The zero-order valence-corrected chi connectivity index (χ0v) is 18.2. The molecule has 7 nitrogen and oxygen atoms in total. The molecule has 0 radical (unpaired) electrons. The summed E-state index contributed by atoms with van der Waals surface area (Å²) in [4.78, 5) is 21.8. The van der Waals surface area contributed by atoms with Gasteiger partial charge in [-0.25, -0.2) is 4.98 Å². The lowest BCUT2D eigenvalue weighted by Gasteiger charge is -2.14. The molecular formula is C25H26N6O. The molecule has 3 heterocycles. The van der Waals surface area contributed by atoms with Gasteiger partial charge in [0.25, 0.3) is 5.91 Å². The summed E-state index contributed by atoms with van der Waals surface area (Å²) in [6.07, 6.45) is 3.45. The Balaban J connectivity index is 1.53. The summed E-state index contributed by atoms with van der Waals surface area (Å²) in [5.41, 5.74) is 5.34. The van der Waals surface area contributed by atoms with Crippen molar-refractivity contribution in [1.82, 2.24) is 25.1 Å². The molecule has 3 aromatic heterocycles. The maximum absolute atomic E-state index is 12.9. The maximum Gasteiger partial charge on any atom is 0.255 e. The number of benzene rings is 1. The predicted molar refractivity (Wildman–Crippen MR) is 125 cm³/mol. The molecule has 0 saturated heterocycles. The molecule has 0 unspecified atom stereocenters. The second-order valence-corrected chi connectivity index (χ2v) is 7.58. The zero-order valence-electron chi connectivity index (χ0n) is 18.2. The minimum absolute atomic E-state index is 0.186. The lowest BCUT2D eigenvalue weighted by atomic mass is 10.1. The molecule has 4 aromatic rings. The first-order valence-electron chi connectivity index (χ1n) is 10.6. The van der Waals surface area contributed by atoms with E-state index in [0.29, 0.717) is 31.0 Å². The van der Waals surface area contributed by atoms with E-state index in [1.54, 1.807) is 12.4 Å². The van der Waals surface area contributed by atoms with Gasteiger partial charge in [-0.1, -0.05) is 36.4 Å². The van der Waals surface area contributed by atoms with Crippen LogP contribution in [-0.2, 0) is 13.1 Å². The highest BCUT2D eigenvalue weighted by atomic mass is 16.1. The zero-order chi connectivity index (χ0) is 22.3. The van der Waals surface area contributed by atoms with Crippen LogP contribution in [0, 0.1) is 13.8 Å². The van der Waals surface area contributed by atoms with Crippen molar-refractivity contribution in [3.63, 3.8) is 0 Å². The van der Waals surface area contributed by atoms with Crippen LogP contribution >= 0.6 is 0 Å². The van der Waals surface area contributed by atoms with Gasteiger partial charge in [0.2, 0.25) is 0 Å². The number of hydrogen-bond acceptors (Lipinski definition) is 5. The largest absolute Gasteiger partial charge is 0.368 e. The Morgan fingerprint density at radius 2 is 1.88 bits per heavy atom. The van der Waals surface area contributed by atoms with E-state index in [1.807, 2.05) is 79.2 Å². The third-order valence-corrected chi connectivity index (χ3v) is 5.10. The molecule has 0 aliphatic rings. The summed E-state index contributed by atoms with van der Waals surface area (Å²) < 4.78 is 1.95. The van der Waals surface area contributed by atoms with Crippen molar-refractivity contribution in [1.29, 1.82) is 0 Å². The normalized spacial score (nSPS) is 10.7. The Morgan fingerprint density at radius 3 is 2.59 bits per heavy atom. The molecule has 1 amide bonds. The molecule has 0 aliphatic heterocycles. The average molecular weight is 427 g/mol. The van der Waals surface area contributed by atoms with E-state index in [-0.39, 0.29) is 5.91 Å². The van der Waals surface area contributed by atoms with Gasteiger partial charge in [0.15, 0.2) is 0 Å². The van der Waals surface area contributed by atoms with Crippen molar-refractivity contribution in [3.8, 4) is 11.3 Å². The van der Waals surface area contributed by atoms with Crippen molar-refractivity contribution in [2.45, 2.75) is 26.9 Å². The molecular weight excluding hydrogens is 400 g/mol. The van der Waals surface area contributed by atoms with Gasteiger partial charge in [0.05, 0.1) is 23.5 Å². The summed E-state index contributed by atoms with van der Waals surface area (Å²) in [5, 5.41) is 10.8. The number of aromatic nitrogens is 4. The van der Waals surface area contributed by atoms with Crippen LogP contribution in [0.3, 0.4) is 0 Å². The second-order valence-electron chi connectivity index (χ2n) is 7.58. The third-order valence-electron chi connectivity index (χ3n) is 5.10. The van der Waals surface area contributed by atoms with Crippen LogP contribution < -0.4 is 10.6 Å². The van der Waals surface area contributed by atoms with E-state index >= 15 is 0 Å². The first-order chi connectivity index (χ1) is 15.6. The van der Waals surface area contributed by atoms with Crippen molar-refractivity contribution in [2.75, 3.05) is 11.9 Å². The number of nitrogens with zero attached hydrogens (tertiary/aromatic N) is 4. The number of hydrogen-bond donors (Lipinski definition) is 2. The molecule has 4 rings (SSSR count). The van der Waals surface area contributed by atoms with Crippen LogP contribution in [0.1, 0.15) is 27.3 Å². The fourth-order valence-electron chi connectivity index (χ4n) is 3.51. The molecule has 2 N–H and O–H groups in total. The highest BCUT2D eigenvalue weighted by Crippen LogP contribution is 2.22. The lowest BCUT2D eigenvalue weighted by Crippen LogP contribution is -2.25. The monoisotopic (exact) mass is 426 g/mol. The summed E-state index contributed by atoms with van der Waals surface area (Å²) in [5.74, 6) is 0.367. The molecule has 1 aromatic carbocycles. The second kappa shape index (κ2) is 9.87. The number of rotatable bonds is 8. The van der Waals surface area contributed by atoms with Crippen LogP contribution in [0.25, 0.3) is 11.3 Å². The Morgan fingerprint density at radius 1 is 1.03 bits per heavy atom. The van der Waals surface area contributed by atoms with E-state index in [0.717, 1.165) is 28.2 Å². The Bertz CT molecular complexity index is 1190. The molecule has 32 heavy (non-hydrogen) atoms. The van der Waals surface area contributed by atoms with E-state index in [1.165, 1.54) is 0 Å². The van der Waals surface area contributed by atoms with E-state index in [4.69, 9.17) is 4.98 Å². The van der Waals surface area contributed by atoms with Crippen LogP contribution in [0.15, 0.2) is 73.1 Å². The quantitative estimate of drug-likeness (QED) is 0.445. The minimum Gasteiger partial charge on any atom is -0.368 e. The number of carbonyl (C=O) groups excluding carboxylic acids is 1. The Hall–Kier alpha value is -4.00. The van der Waals surface area contributed by atoms with Crippen LogP contribution in [0.5, 0.6) is 0 Å². The molecule has 7 heteroatoms. The number of amides is 1. The van der Waals surface area contributed by atoms with Gasteiger partial charge in [0, 0.05) is 36.7 Å². The van der Waals surface area contributed by atoms with Gasteiger partial charge in [-0.15, -0.1) is 0 Å².